The topological polar surface area (TPSA) is 67.2 Å². The van der Waals surface area contributed by atoms with Crippen LogP contribution in [0.1, 0.15) is 60.4 Å². The summed E-state index contributed by atoms with van der Waals surface area (Å²) in [5.74, 6) is 0.235. The highest BCUT2D eigenvalue weighted by Gasteiger charge is 2.22. The first-order chi connectivity index (χ1) is 14.3. The van der Waals surface area contributed by atoms with Crippen molar-refractivity contribution in [3.63, 3.8) is 0 Å². The molecule has 2 heterocycles. The first kappa shape index (κ1) is 22.3. The fraction of sp³-hybridized carbons (Fsp3) is 0.522. The van der Waals surface area contributed by atoms with Gasteiger partial charge in [-0.25, -0.2) is 0 Å². The third-order valence-corrected chi connectivity index (χ3v) is 5.77. The van der Waals surface area contributed by atoms with Crippen LogP contribution >= 0.6 is 11.6 Å². The highest BCUT2D eigenvalue weighted by atomic mass is 35.5. The van der Waals surface area contributed by atoms with Crippen molar-refractivity contribution in [3.8, 4) is 0 Å². The first-order valence-electron chi connectivity index (χ1n) is 10.7. The number of benzene rings is 1. The smallest absolute Gasteiger partial charge is 0.255 e. The predicted octanol–water partition coefficient (Wildman–Crippen LogP) is 4.62. The highest BCUT2D eigenvalue weighted by Crippen LogP contribution is 2.25. The number of hydrogen-bond acceptors (Lipinski definition) is 3. The van der Waals surface area contributed by atoms with Crippen LogP contribution in [-0.2, 0) is 17.8 Å². The Bertz CT molecular complexity index is 930. The molecule has 7 heteroatoms. The highest BCUT2D eigenvalue weighted by molar-refractivity contribution is 6.31. The Balaban J connectivity index is 1.78. The maximum absolute atomic E-state index is 13.0. The average Bonchev–Trinajstić information content (AvgIpc) is 2.95. The molecule has 0 radical (unpaired) electrons. The third-order valence-electron chi connectivity index (χ3n) is 5.54. The molecule has 1 aliphatic rings. The van der Waals surface area contributed by atoms with Crippen molar-refractivity contribution >= 4 is 29.1 Å². The lowest BCUT2D eigenvalue weighted by Gasteiger charge is -2.27. The predicted molar refractivity (Wildman–Crippen MR) is 120 cm³/mol. The summed E-state index contributed by atoms with van der Waals surface area (Å²) >= 11 is 6.16. The second kappa shape index (κ2) is 9.65. The molecule has 2 amide bonds. The van der Waals surface area contributed by atoms with Gasteiger partial charge in [-0.3, -0.25) is 14.3 Å². The van der Waals surface area contributed by atoms with Gasteiger partial charge in [0, 0.05) is 35.9 Å². The molecule has 0 bridgehead atoms. The normalized spacial score (nSPS) is 14.3. The number of amides is 2. The molecule has 162 valence electrons. The summed E-state index contributed by atoms with van der Waals surface area (Å²) in [4.78, 5) is 27.7. The molecule has 2 aromatic rings. The largest absolute Gasteiger partial charge is 0.339 e. The average molecular weight is 431 g/mol. The second-order valence-corrected chi connectivity index (χ2v) is 8.93. The number of carbonyl (C=O) groups is 2. The van der Waals surface area contributed by atoms with Gasteiger partial charge in [-0.1, -0.05) is 25.4 Å². The lowest BCUT2D eigenvalue weighted by molar-refractivity contribution is -0.115. The maximum Gasteiger partial charge on any atom is 0.255 e. The number of hydrogen-bond donors (Lipinski definition) is 1. The number of carbonyl (C=O) groups excluding carboxylic acids is 2. The first-order valence-corrected chi connectivity index (χ1v) is 11.1. The van der Waals surface area contributed by atoms with Gasteiger partial charge in [0.15, 0.2) is 0 Å². The molecule has 1 aromatic carbocycles. The van der Waals surface area contributed by atoms with Gasteiger partial charge in [-0.2, -0.15) is 5.10 Å². The number of halogens is 1. The van der Waals surface area contributed by atoms with Crippen molar-refractivity contribution in [2.24, 2.45) is 5.92 Å². The van der Waals surface area contributed by atoms with Crippen molar-refractivity contribution in [3.05, 3.63) is 45.7 Å². The van der Waals surface area contributed by atoms with Crippen LogP contribution in [0.15, 0.2) is 18.2 Å². The van der Waals surface area contributed by atoms with Crippen LogP contribution in [0.4, 0.5) is 5.69 Å². The van der Waals surface area contributed by atoms with Crippen LogP contribution in [0.25, 0.3) is 0 Å². The van der Waals surface area contributed by atoms with Crippen molar-refractivity contribution in [2.45, 2.75) is 59.9 Å². The second-order valence-electron chi connectivity index (χ2n) is 8.49. The minimum atomic E-state index is -0.180. The quantitative estimate of drug-likeness (QED) is 0.727. The van der Waals surface area contributed by atoms with E-state index >= 15 is 0 Å². The summed E-state index contributed by atoms with van der Waals surface area (Å²) in [7, 11) is 0. The molecule has 0 atom stereocenters. The van der Waals surface area contributed by atoms with Gasteiger partial charge in [0.2, 0.25) is 5.91 Å². The molecule has 0 aliphatic carbocycles. The molecule has 30 heavy (non-hydrogen) atoms. The summed E-state index contributed by atoms with van der Waals surface area (Å²) in [6.07, 6.45) is 3.39. The zero-order chi connectivity index (χ0) is 21.8. The molecule has 0 saturated carbocycles. The summed E-state index contributed by atoms with van der Waals surface area (Å²) in [5, 5.41) is 7.99. The summed E-state index contributed by atoms with van der Waals surface area (Å²) in [6, 6.07) is 5.04. The molecule has 1 aromatic heterocycles. The number of aromatic nitrogens is 2. The molecule has 3 rings (SSSR count). The van der Waals surface area contributed by atoms with E-state index < -0.39 is 0 Å². The Morgan fingerprint density at radius 1 is 1.17 bits per heavy atom. The lowest BCUT2D eigenvalue weighted by Crippen LogP contribution is -2.36. The van der Waals surface area contributed by atoms with Crippen molar-refractivity contribution in [2.75, 3.05) is 18.4 Å². The van der Waals surface area contributed by atoms with E-state index in [-0.39, 0.29) is 18.2 Å². The molecular weight excluding hydrogens is 400 g/mol. The van der Waals surface area contributed by atoms with Gasteiger partial charge in [-0.05, 0) is 57.2 Å². The molecule has 1 saturated heterocycles. The van der Waals surface area contributed by atoms with E-state index in [1.165, 1.54) is 0 Å². The molecule has 1 N–H and O–H groups in total. The van der Waals surface area contributed by atoms with Crippen LogP contribution in [0.3, 0.4) is 0 Å². The van der Waals surface area contributed by atoms with Gasteiger partial charge in [0.05, 0.1) is 23.4 Å². The molecule has 0 spiro atoms. The van der Waals surface area contributed by atoms with E-state index in [0.717, 1.165) is 55.8 Å². The minimum absolute atomic E-state index is 0.0567. The Morgan fingerprint density at radius 2 is 1.87 bits per heavy atom. The SMILES string of the molecule is Cc1nn(CC(C)C)c(C)c1CC(=O)Nc1cc(Cl)ccc1C(=O)N1CCCCC1. The maximum atomic E-state index is 13.0. The number of nitrogens with one attached hydrogen (secondary N) is 1. The van der Waals surface area contributed by atoms with E-state index in [2.05, 4.69) is 24.3 Å². The van der Waals surface area contributed by atoms with Crippen LogP contribution in [0.5, 0.6) is 0 Å². The summed E-state index contributed by atoms with van der Waals surface area (Å²) in [6.45, 7) is 10.5. The van der Waals surface area contributed by atoms with Gasteiger partial charge in [-0.15, -0.1) is 0 Å². The Hall–Kier alpha value is -2.34. The zero-order valence-electron chi connectivity index (χ0n) is 18.3. The Kier molecular flexibility index (Phi) is 7.19. The minimum Gasteiger partial charge on any atom is -0.339 e. The van der Waals surface area contributed by atoms with Gasteiger partial charge in [0.1, 0.15) is 0 Å². The van der Waals surface area contributed by atoms with E-state index in [1.807, 2.05) is 23.4 Å². The van der Waals surface area contributed by atoms with Crippen LogP contribution < -0.4 is 5.32 Å². The Labute approximate surface area is 183 Å². The number of aryl methyl sites for hydroxylation is 1. The Morgan fingerprint density at radius 3 is 2.53 bits per heavy atom. The number of rotatable bonds is 6. The van der Waals surface area contributed by atoms with Crippen molar-refractivity contribution in [1.29, 1.82) is 0 Å². The zero-order valence-corrected chi connectivity index (χ0v) is 19.1. The molecule has 1 aliphatic heterocycles. The summed E-state index contributed by atoms with van der Waals surface area (Å²) in [5.41, 5.74) is 3.75. The van der Waals surface area contributed by atoms with Crippen LogP contribution in [-0.4, -0.2) is 39.6 Å². The fourth-order valence-corrected chi connectivity index (χ4v) is 4.11. The number of piperidine rings is 1. The fourth-order valence-electron chi connectivity index (χ4n) is 3.94. The lowest BCUT2D eigenvalue weighted by atomic mass is 10.1. The number of nitrogens with zero attached hydrogens (tertiary/aromatic N) is 3. The molecule has 6 nitrogen and oxygen atoms in total. The van der Waals surface area contributed by atoms with Crippen LogP contribution in [0, 0.1) is 19.8 Å². The van der Waals surface area contributed by atoms with E-state index in [0.29, 0.717) is 22.2 Å². The number of anilines is 1. The summed E-state index contributed by atoms with van der Waals surface area (Å²) < 4.78 is 1.97. The van der Waals surface area contributed by atoms with Crippen molar-refractivity contribution in [1.82, 2.24) is 14.7 Å². The van der Waals surface area contributed by atoms with Crippen LogP contribution in [0.2, 0.25) is 5.02 Å². The van der Waals surface area contributed by atoms with Gasteiger partial charge in [0.25, 0.3) is 5.91 Å². The molecule has 1 fully saturated rings. The van der Waals surface area contributed by atoms with Crippen molar-refractivity contribution < 1.29 is 9.59 Å². The third kappa shape index (κ3) is 5.22. The standard InChI is InChI=1S/C23H31ClN4O2/c1-15(2)14-28-17(4)20(16(3)26-28)13-22(29)25-21-12-18(24)8-9-19(21)23(30)27-10-6-5-7-11-27/h8-9,12,15H,5-7,10-11,13-14H2,1-4H3,(H,25,29). The van der Waals surface area contributed by atoms with E-state index in [1.54, 1.807) is 18.2 Å². The molecule has 0 unspecified atom stereocenters. The monoisotopic (exact) mass is 430 g/mol. The van der Waals surface area contributed by atoms with E-state index in [9.17, 15) is 9.59 Å². The van der Waals surface area contributed by atoms with Gasteiger partial charge < -0.3 is 10.2 Å². The van der Waals surface area contributed by atoms with Gasteiger partial charge >= 0.3 is 0 Å². The number of likely N-dealkylation sites (tertiary alicyclic amines) is 1. The molecular formula is C23H31ClN4O2. The van der Waals surface area contributed by atoms with E-state index in [4.69, 9.17) is 11.6 Å².